The summed E-state index contributed by atoms with van der Waals surface area (Å²) in [6, 6.07) is 9.67. The third kappa shape index (κ3) is 3.63. The lowest BCUT2D eigenvalue weighted by Crippen LogP contribution is -2.10. The first kappa shape index (κ1) is 14.7. The van der Waals surface area contributed by atoms with E-state index in [9.17, 15) is 17.6 Å². The number of rotatable bonds is 3. The van der Waals surface area contributed by atoms with Crippen molar-refractivity contribution in [1.82, 2.24) is 0 Å². The molecule has 0 bridgehead atoms. The second-order valence-electron chi connectivity index (χ2n) is 4.17. The standard InChI is InChI=1S/C14H10ClF4N/c15-10-2-4-11(5-3-10)20-8-9-1-6-13(16)12(7-9)14(17,18)19/h1-7,20H,8H2. The van der Waals surface area contributed by atoms with E-state index in [0.717, 1.165) is 12.1 Å². The fourth-order valence-electron chi connectivity index (χ4n) is 1.67. The normalized spacial score (nSPS) is 11.4. The van der Waals surface area contributed by atoms with E-state index in [2.05, 4.69) is 5.32 Å². The van der Waals surface area contributed by atoms with Crippen molar-refractivity contribution in [1.29, 1.82) is 0 Å². The molecule has 0 radical (unpaired) electrons. The molecule has 0 fully saturated rings. The number of anilines is 1. The van der Waals surface area contributed by atoms with Crippen LogP contribution < -0.4 is 5.32 Å². The highest BCUT2D eigenvalue weighted by atomic mass is 35.5. The van der Waals surface area contributed by atoms with Crippen LogP contribution in [-0.2, 0) is 12.7 Å². The van der Waals surface area contributed by atoms with Gasteiger partial charge in [-0.2, -0.15) is 13.2 Å². The lowest BCUT2D eigenvalue weighted by molar-refractivity contribution is -0.140. The van der Waals surface area contributed by atoms with E-state index < -0.39 is 17.6 Å². The molecule has 0 aliphatic heterocycles. The van der Waals surface area contributed by atoms with Gasteiger partial charge in [-0.25, -0.2) is 4.39 Å². The van der Waals surface area contributed by atoms with Gasteiger partial charge in [0, 0.05) is 17.3 Å². The maximum atomic E-state index is 13.1. The lowest BCUT2D eigenvalue weighted by atomic mass is 10.1. The summed E-state index contributed by atoms with van der Waals surface area (Å²) >= 11 is 5.72. The van der Waals surface area contributed by atoms with E-state index in [-0.39, 0.29) is 6.54 Å². The first-order valence-electron chi connectivity index (χ1n) is 5.71. The summed E-state index contributed by atoms with van der Waals surface area (Å²) in [7, 11) is 0. The molecule has 20 heavy (non-hydrogen) atoms. The van der Waals surface area contributed by atoms with Gasteiger partial charge in [-0.05, 0) is 42.0 Å². The summed E-state index contributed by atoms with van der Waals surface area (Å²) in [5.41, 5.74) is -0.200. The highest BCUT2D eigenvalue weighted by molar-refractivity contribution is 6.30. The van der Waals surface area contributed by atoms with E-state index in [0.29, 0.717) is 16.3 Å². The minimum Gasteiger partial charge on any atom is -0.381 e. The molecule has 0 aliphatic rings. The molecule has 2 aromatic rings. The molecule has 0 atom stereocenters. The van der Waals surface area contributed by atoms with E-state index in [1.165, 1.54) is 6.07 Å². The summed E-state index contributed by atoms with van der Waals surface area (Å²) in [6.45, 7) is 0.158. The SMILES string of the molecule is Fc1ccc(CNc2ccc(Cl)cc2)cc1C(F)(F)F. The average molecular weight is 304 g/mol. The summed E-state index contributed by atoms with van der Waals surface area (Å²) in [5, 5.41) is 3.50. The summed E-state index contributed by atoms with van der Waals surface area (Å²) in [5.74, 6) is -1.27. The molecular weight excluding hydrogens is 294 g/mol. The first-order chi connectivity index (χ1) is 9.36. The molecule has 2 aromatic carbocycles. The number of alkyl halides is 3. The molecule has 0 heterocycles. The van der Waals surface area contributed by atoms with E-state index in [4.69, 9.17) is 11.6 Å². The van der Waals surface area contributed by atoms with Gasteiger partial charge in [0.15, 0.2) is 0 Å². The van der Waals surface area contributed by atoms with E-state index in [1.54, 1.807) is 24.3 Å². The van der Waals surface area contributed by atoms with Gasteiger partial charge in [0.2, 0.25) is 0 Å². The molecule has 0 aromatic heterocycles. The minimum atomic E-state index is -4.69. The van der Waals surface area contributed by atoms with Gasteiger partial charge in [-0.15, -0.1) is 0 Å². The fraction of sp³-hybridized carbons (Fsp3) is 0.143. The molecule has 1 N–H and O–H groups in total. The van der Waals surface area contributed by atoms with Crippen LogP contribution in [-0.4, -0.2) is 0 Å². The molecular formula is C14H10ClF4N. The maximum Gasteiger partial charge on any atom is 0.419 e. The molecule has 1 nitrogen and oxygen atoms in total. The minimum absolute atomic E-state index is 0.158. The van der Waals surface area contributed by atoms with Gasteiger partial charge in [-0.1, -0.05) is 17.7 Å². The molecule has 0 amide bonds. The second-order valence-corrected chi connectivity index (χ2v) is 4.61. The number of benzene rings is 2. The largest absolute Gasteiger partial charge is 0.419 e. The van der Waals surface area contributed by atoms with Crippen molar-refractivity contribution < 1.29 is 17.6 Å². The van der Waals surface area contributed by atoms with Crippen molar-refractivity contribution in [2.24, 2.45) is 0 Å². The average Bonchev–Trinajstić information content (AvgIpc) is 2.38. The molecule has 0 spiro atoms. The number of nitrogens with one attached hydrogen (secondary N) is 1. The van der Waals surface area contributed by atoms with Crippen LogP contribution in [0, 0.1) is 5.82 Å². The van der Waals surface area contributed by atoms with Gasteiger partial charge >= 0.3 is 6.18 Å². The number of halogens is 5. The van der Waals surface area contributed by atoms with Crippen LogP contribution >= 0.6 is 11.6 Å². The first-order valence-corrected chi connectivity index (χ1v) is 6.09. The van der Waals surface area contributed by atoms with Crippen molar-refractivity contribution >= 4 is 17.3 Å². The maximum absolute atomic E-state index is 13.1. The fourth-order valence-corrected chi connectivity index (χ4v) is 1.80. The second kappa shape index (κ2) is 5.71. The Hall–Kier alpha value is -1.75. The quantitative estimate of drug-likeness (QED) is 0.777. The predicted molar refractivity (Wildman–Crippen MR) is 70.2 cm³/mol. The van der Waals surface area contributed by atoms with Crippen LogP contribution in [0.1, 0.15) is 11.1 Å². The third-order valence-corrected chi connectivity index (χ3v) is 2.93. The summed E-state index contributed by atoms with van der Waals surface area (Å²) in [6.07, 6.45) is -4.69. The molecule has 0 aliphatic carbocycles. The van der Waals surface area contributed by atoms with Crippen molar-refractivity contribution in [2.75, 3.05) is 5.32 Å². The van der Waals surface area contributed by atoms with Crippen LogP contribution in [0.2, 0.25) is 5.02 Å². The van der Waals surface area contributed by atoms with Crippen LogP contribution in [0.15, 0.2) is 42.5 Å². The highest BCUT2D eigenvalue weighted by Gasteiger charge is 2.34. The topological polar surface area (TPSA) is 12.0 Å². The Balaban J connectivity index is 2.12. The van der Waals surface area contributed by atoms with Crippen LogP contribution in [0.5, 0.6) is 0 Å². The highest BCUT2D eigenvalue weighted by Crippen LogP contribution is 2.32. The Morgan fingerprint density at radius 1 is 1.00 bits per heavy atom. The number of hydrogen-bond donors (Lipinski definition) is 1. The summed E-state index contributed by atoms with van der Waals surface area (Å²) < 4.78 is 50.8. The zero-order valence-corrected chi connectivity index (χ0v) is 10.9. The Morgan fingerprint density at radius 2 is 1.65 bits per heavy atom. The molecule has 0 unspecified atom stereocenters. The van der Waals surface area contributed by atoms with Crippen LogP contribution in [0.3, 0.4) is 0 Å². The van der Waals surface area contributed by atoms with Crippen LogP contribution in [0.25, 0.3) is 0 Å². The van der Waals surface area contributed by atoms with Crippen molar-refractivity contribution in [2.45, 2.75) is 12.7 Å². The van der Waals surface area contributed by atoms with Crippen molar-refractivity contribution in [3.63, 3.8) is 0 Å². The third-order valence-electron chi connectivity index (χ3n) is 2.68. The molecule has 0 saturated carbocycles. The Bertz CT molecular complexity index is 593. The van der Waals surface area contributed by atoms with Gasteiger partial charge in [0.05, 0.1) is 5.56 Å². The van der Waals surface area contributed by atoms with Crippen molar-refractivity contribution in [3.05, 3.63) is 64.4 Å². The summed E-state index contributed by atoms with van der Waals surface area (Å²) in [4.78, 5) is 0. The van der Waals surface area contributed by atoms with E-state index in [1.807, 2.05) is 0 Å². The zero-order valence-electron chi connectivity index (χ0n) is 10.1. The van der Waals surface area contributed by atoms with Gasteiger partial charge < -0.3 is 5.32 Å². The van der Waals surface area contributed by atoms with Crippen molar-refractivity contribution in [3.8, 4) is 0 Å². The van der Waals surface area contributed by atoms with Crippen LogP contribution in [0.4, 0.5) is 23.2 Å². The van der Waals surface area contributed by atoms with Gasteiger partial charge in [0.1, 0.15) is 5.82 Å². The Morgan fingerprint density at radius 3 is 2.25 bits per heavy atom. The Labute approximate surface area is 118 Å². The monoisotopic (exact) mass is 303 g/mol. The van der Waals surface area contributed by atoms with Gasteiger partial charge in [-0.3, -0.25) is 0 Å². The molecule has 6 heteroatoms. The Kier molecular flexibility index (Phi) is 4.18. The molecule has 0 saturated heterocycles. The number of hydrogen-bond acceptors (Lipinski definition) is 1. The molecule has 106 valence electrons. The van der Waals surface area contributed by atoms with E-state index >= 15 is 0 Å². The molecule has 2 rings (SSSR count). The van der Waals surface area contributed by atoms with Gasteiger partial charge in [0.25, 0.3) is 0 Å². The lowest BCUT2D eigenvalue weighted by Gasteiger charge is -2.11. The predicted octanol–water partition coefficient (Wildman–Crippen LogP) is 5.11. The smallest absolute Gasteiger partial charge is 0.381 e. The zero-order chi connectivity index (χ0) is 14.8.